The molecule has 140 valence electrons. The van der Waals surface area contributed by atoms with Gasteiger partial charge in [-0.1, -0.05) is 30.3 Å². The molecule has 7 heteroatoms. The number of piperidine rings is 1. The third-order valence-electron chi connectivity index (χ3n) is 5.05. The highest BCUT2D eigenvalue weighted by molar-refractivity contribution is 5.43. The topological polar surface area (TPSA) is 76.9 Å². The van der Waals surface area contributed by atoms with Gasteiger partial charge in [-0.2, -0.15) is 0 Å². The molecule has 0 aliphatic carbocycles. The zero-order valence-electron chi connectivity index (χ0n) is 15.4. The van der Waals surface area contributed by atoms with Crippen LogP contribution in [0.15, 0.2) is 54.9 Å². The lowest BCUT2D eigenvalue weighted by atomic mass is 9.93. The lowest BCUT2D eigenvalue weighted by molar-refractivity contribution is 0.303. The van der Waals surface area contributed by atoms with E-state index in [1.54, 1.807) is 18.1 Å². The van der Waals surface area contributed by atoms with Crippen molar-refractivity contribution in [2.24, 2.45) is 0 Å². The first-order chi connectivity index (χ1) is 13.3. The van der Waals surface area contributed by atoms with Crippen LogP contribution in [-0.4, -0.2) is 39.9 Å². The van der Waals surface area contributed by atoms with Gasteiger partial charge in [0.1, 0.15) is 12.1 Å². The van der Waals surface area contributed by atoms with Crippen LogP contribution < -0.4 is 15.4 Å². The molecule has 0 bridgehead atoms. The van der Waals surface area contributed by atoms with Crippen molar-refractivity contribution in [3.8, 4) is 11.4 Å². The van der Waals surface area contributed by atoms with Crippen molar-refractivity contribution in [1.82, 2.24) is 30.8 Å². The van der Waals surface area contributed by atoms with Crippen LogP contribution in [0.25, 0.3) is 5.69 Å². The minimum atomic E-state index is 0.314. The Bertz CT molecular complexity index is 852. The van der Waals surface area contributed by atoms with Crippen LogP contribution >= 0.6 is 0 Å². The number of nitrogens with zero attached hydrogens (tertiary/aromatic N) is 4. The summed E-state index contributed by atoms with van der Waals surface area (Å²) in [7, 11) is 1.70. The molecule has 3 aromatic rings. The molecule has 7 nitrogen and oxygen atoms in total. The van der Waals surface area contributed by atoms with Gasteiger partial charge in [0.05, 0.1) is 12.8 Å². The van der Waals surface area contributed by atoms with Gasteiger partial charge in [-0.15, -0.1) is 5.10 Å². The maximum Gasteiger partial charge on any atom is 0.143 e. The zero-order chi connectivity index (χ0) is 18.5. The van der Waals surface area contributed by atoms with Crippen molar-refractivity contribution < 1.29 is 4.74 Å². The number of benzene rings is 2. The Morgan fingerprint density at radius 3 is 2.89 bits per heavy atom. The fourth-order valence-corrected chi connectivity index (χ4v) is 3.69. The molecule has 2 aromatic carbocycles. The van der Waals surface area contributed by atoms with Crippen molar-refractivity contribution >= 4 is 0 Å². The number of hydrogen-bond acceptors (Lipinski definition) is 6. The predicted octanol–water partition coefficient (Wildman–Crippen LogP) is 2.25. The van der Waals surface area contributed by atoms with Crippen molar-refractivity contribution in [2.45, 2.75) is 31.5 Å². The maximum atomic E-state index is 5.55. The summed E-state index contributed by atoms with van der Waals surface area (Å²) in [5, 5.41) is 18.8. The second kappa shape index (κ2) is 8.28. The van der Waals surface area contributed by atoms with Crippen LogP contribution in [-0.2, 0) is 6.54 Å². The molecule has 0 spiro atoms. The van der Waals surface area contributed by atoms with Crippen molar-refractivity contribution in [3.05, 3.63) is 66.0 Å². The molecule has 0 unspecified atom stereocenters. The monoisotopic (exact) mass is 366 g/mol. The lowest BCUT2D eigenvalue weighted by Gasteiger charge is -2.34. The van der Waals surface area contributed by atoms with E-state index in [1.807, 2.05) is 12.1 Å². The summed E-state index contributed by atoms with van der Waals surface area (Å²) in [6.45, 7) is 1.77. The first-order valence-electron chi connectivity index (χ1n) is 9.27. The van der Waals surface area contributed by atoms with Gasteiger partial charge in [0.2, 0.25) is 0 Å². The molecule has 1 aliphatic rings. The lowest BCUT2D eigenvalue weighted by Crippen LogP contribution is -2.45. The normalized spacial score (nSPS) is 19.7. The van der Waals surface area contributed by atoms with E-state index in [-0.39, 0.29) is 0 Å². The Hall–Kier alpha value is -2.77. The predicted molar refractivity (Wildman–Crippen MR) is 103 cm³/mol. The number of hydrogen-bond donors (Lipinski definition) is 2. The summed E-state index contributed by atoms with van der Waals surface area (Å²) < 4.78 is 7.20. The van der Waals surface area contributed by atoms with Crippen LogP contribution in [0.3, 0.4) is 0 Å². The quantitative estimate of drug-likeness (QED) is 0.697. The van der Waals surface area contributed by atoms with Gasteiger partial charge < -0.3 is 15.4 Å². The SMILES string of the molecule is COc1ccc(-n2cnnn2)cc1[14CH2]N[C@H]1CCCN[C@H]1c1ccccc1. The van der Waals surface area contributed by atoms with E-state index < -0.39 is 0 Å². The second-order valence-electron chi connectivity index (χ2n) is 6.72. The number of aromatic nitrogens is 4. The van der Waals surface area contributed by atoms with Gasteiger partial charge in [0, 0.05) is 24.2 Å². The molecule has 0 radical (unpaired) electrons. The summed E-state index contributed by atoms with van der Waals surface area (Å²) >= 11 is 0. The van der Waals surface area contributed by atoms with E-state index in [0.29, 0.717) is 12.1 Å². The summed E-state index contributed by atoms with van der Waals surface area (Å²) in [6.07, 6.45) is 3.90. The maximum absolute atomic E-state index is 5.55. The van der Waals surface area contributed by atoms with Crippen molar-refractivity contribution in [3.63, 3.8) is 0 Å². The van der Waals surface area contributed by atoms with Crippen LogP contribution in [0.1, 0.15) is 30.0 Å². The van der Waals surface area contributed by atoms with E-state index in [4.69, 9.17) is 4.74 Å². The average Bonchev–Trinajstić information content (AvgIpc) is 3.28. The third-order valence-corrected chi connectivity index (χ3v) is 5.05. The number of nitrogens with one attached hydrogen (secondary N) is 2. The molecule has 0 saturated carbocycles. The van der Waals surface area contributed by atoms with E-state index in [0.717, 1.165) is 36.5 Å². The molecule has 1 aliphatic heterocycles. The largest absolute Gasteiger partial charge is 0.496 e. The van der Waals surface area contributed by atoms with Crippen molar-refractivity contribution in [1.29, 1.82) is 0 Å². The fourth-order valence-electron chi connectivity index (χ4n) is 3.69. The number of rotatable bonds is 6. The van der Waals surface area contributed by atoms with Gasteiger partial charge in [-0.25, -0.2) is 4.68 Å². The highest BCUT2D eigenvalue weighted by Gasteiger charge is 2.25. The Morgan fingerprint density at radius 1 is 1.22 bits per heavy atom. The smallest absolute Gasteiger partial charge is 0.143 e. The van der Waals surface area contributed by atoms with Gasteiger partial charge in [-0.05, 0) is 53.6 Å². The molecule has 27 heavy (non-hydrogen) atoms. The summed E-state index contributed by atoms with van der Waals surface area (Å²) in [5.74, 6) is 0.861. The van der Waals surface area contributed by atoms with E-state index >= 15 is 0 Å². The van der Waals surface area contributed by atoms with Gasteiger partial charge in [0.25, 0.3) is 0 Å². The average molecular weight is 366 g/mol. The summed E-state index contributed by atoms with van der Waals surface area (Å²) in [6, 6.07) is 17.3. The number of tetrazole rings is 1. The van der Waals surface area contributed by atoms with Crippen LogP contribution in [0, 0.1) is 0 Å². The fraction of sp³-hybridized carbons (Fsp3) is 0.350. The van der Waals surface area contributed by atoms with Crippen LogP contribution in [0.2, 0.25) is 0 Å². The minimum Gasteiger partial charge on any atom is -0.496 e. The van der Waals surface area contributed by atoms with Crippen molar-refractivity contribution in [2.75, 3.05) is 13.7 Å². The Morgan fingerprint density at radius 2 is 2.11 bits per heavy atom. The minimum absolute atomic E-state index is 0.314. The van der Waals surface area contributed by atoms with Gasteiger partial charge in [0.15, 0.2) is 0 Å². The van der Waals surface area contributed by atoms with Crippen LogP contribution in [0.5, 0.6) is 5.75 Å². The molecular formula is C20H24N6O. The molecule has 2 N–H and O–H groups in total. The standard InChI is InChI=1S/C20H24N6O/c1-27-19-10-9-17(26-14-23-24-25-26)12-16(19)13-22-18-8-5-11-21-20(18)15-6-3-2-4-7-15/h2-4,6-7,9-10,12,14,18,20-22H,5,8,11,13H2,1H3/t18-,20-/m0/s1/i13+2. The molecule has 1 aromatic heterocycles. The molecule has 1 fully saturated rings. The van der Waals surface area contributed by atoms with E-state index in [1.165, 1.54) is 12.0 Å². The first-order valence-corrected chi connectivity index (χ1v) is 9.27. The van der Waals surface area contributed by atoms with E-state index in [9.17, 15) is 0 Å². The number of ether oxygens (including phenoxy) is 1. The molecule has 0 amide bonds. The molecule has 2 heterocycles. The highest BCUT2D eigenvalue weighted by atomic mass is 16.5. The summed E-state index contributed by atoms with van der Waals surface area (Å²) in [4.78, 5) is 0. The molecule has 4 rings (SSSR count). The second-order valence-corrected chi connectivity index (χ2v) is 6.72. The first kappa shape index (κ1) is 17.6. The van der Waals surface area contributed by atoms with Gasteiger partial charge >= 0.3 is 0 Å². The van der Waals surface area contributed by atoms with Gasteiger partial charge in [-0.3, -0.25) is 0 Å². The Kier molecular flexibility index (Phi) is 5.41. The van der Waals surface area contributed by atoms with Crippen LogP contribution in [0.4, 0.5) is 0 Å². The van der Waals surface area contributed by atoms with E-state index in [2.05, 4.69) is 62.6 Å². The zero-order valence-corrected chi connectivity index (χ0v) is 15.4. The Labute approximate surface area is 158 Å². The summed E-state index contributed by atoms with van der Waals surface area (Å²) in [5.41, 5.74) is 3.32. The molecule has 1 saturated heterocycles. The highest BCUT2D eigenvalue weighted by Crippen LogP contribution is 2.26. The molecular weight excluding hydrogens is 342 g/mol. The molecule has 2 atom stereocenters. The third kappa shape index (κ3) is 3.99. The number of methoxy groups -OCH3 is 1. The Balaban J connectivity index is 1.52.